The van der Waals surface area contributed by atoms with E-state index in [9.17, 15) is 13.2 Å². The maximum absolute atomic E-state index is 13.3. The molecule has 0 unspecified atom stereocenters. The molecule has 0 bridgehead atoms. The van der Waals surface area contributed by atoms with Gasteiger partial charge in [-0.1, -0.05) is 12.1 Å². The first-order valence-corrected chi connectivity index (χ1v) is 11.5. The van der Waals surface area contributed by atoms with Crippen LogP contribution in [0.1, 0.15) is 25.0 Å². The van der Waals surface area contributed by atoms with E-state index in [0.717, 1.165) is 16.9 Å². The predicted molar refractivity (Wildman–Crippen MR) is 115 cm³/mol. The Morgan fingerprint density at radius 3 is 2.55 bits per heavy atom. The molecule has 2 aromatic carbocycles. The van der Waals surface area contributed by atoms with Gasteiger partial charge in [0.1, 0.15) is 0 Å². The van der Waals surface area contributed by atoms with Crippen LogP contribution in [0.25, 0.3) is 0 Å². The summed E-state index contributed by atoms with van der Waals surface area (Å²) in [7, 11) is -3.56. The van der Waals surface area contributed by atoms with Gasteiger partial charge < -0.3 is 9.80 Å². The van der Waals surface area contributed by atoms with Crippen molar-refractivity contribution in [3.05, 3.63) is 53.6 Å². The molecule has 2 heterocycles. The van der Waals surface area contributed by atoms with Crippen LogP contribution in [0, 0.1) is 6.92 Å². The molecule has 29 heavy (non-hydrogen) atoms. The first kappa shape index (κ1) is 19.9. The molecule has 0 N–H and O–H groups in total. The van der Waals surface area contributed by atoms with Crippen LogP contribution in [0.2, 0.25) is 0 Å². The number of amides is 1. The van der Waals surface area contributed by atoms with Gasteiger partial charge in [-0.05, 0) is 61.7 Å². The maximum atomic E-state index is 13.3. The molecule has 0 radical (unpaired) electrons. The molecule has 7 heteroatoms. The van der Waals surface area contributed by atoms with Gasteiger partial charge in [-0.25, -0.2) is 8.42 Å². The highest BCUT2D eigenvalue weighted by Gasteiger charge is 2.33. The van der Waals surface area contributed by atoms with Gasteiger partial charge in [0, 0.05) is 50.5 Å². The minimum atomic E-state index is -3.56. The Kier molecular flexibility index (Phi) is 5.12. The fraction of sp³-hybridized carbons (Fsp3) is 0.409. The van der Waals surface area contributed by atoms with E-state index >= 15 is 0 Å². The van der Waals surface area contributed by atoms with Crippen molar-refractivity contribution in [3.63, 3.8) is 0 Å². The lowest BCUT2D eigenvalue weighted by Gasteiger charge is -2.40. The number of fused-ring (bicyclic) bond motifs is 1. The molecule has 154 valence electrons. The molecular formula is C22H27N3O3S. The highest BCUT2D eigenvalue weighted by Crippen LogP contribution is 2.32. The molecule has 0 spiro atoms. The van der Waals surface area contributed by atoms with Gasteiger partial charge in [0.2, 0.25) is 15.9 Å². The molecule has 6 nitrogen and oxygen atoms in total. The Morgan fingerprint density at radius 1 is 1.07 bits per heavy atom. The summed E-state index contributed by atoms with van der Waals surface area (Å²) in [5.74, 6) is -0.0135. The van der Waals surface area contributed by atoms with Crippen molar-refractivity contribution in [2.24, 2.45) is 0 Å². The molecule has 1 saturated heterocycles. The molecule has 2 aliphatic rings. The molecule has 0 aliphatic carbocycles. The Hall–Kier alpha value is -2.38. The molecule has 2 aromatic rings. The van der Waals surface area contributed by atoms with E-state index < -0.39 is 10.0 Å². The molecule has 1 fully saturated rings. The number of nitrogens with zero attached hydrogens (tertiary/aromatic N) is 3. The van der Waals surface area contributed by atoms with Gasteiger partial charge >= 0.3 is 0 Å². The normalized spacial score (nSPS) is 20.0. The third kappa shape index (κ3) is 3.65. The van der Waals surface area contributed by atoms with Gasteiger partial charge in [0.05, 0.1) is 4.90 Å². The number of rotatable bonds is 3. The number of piperazine rings is 1. The minimum absolute atomic E-state index is 0.0135. The average molecular weight is 414 g/mol. The zero-order valence-electron chi connectivity index (χ0n) is 17.1. The smallest absolute Gasteiger partial charge is 0.243 e. The van der Waals surface area contributed by atoms with Crippen molar-refractivity contribution >= 4 is 27.3 Å². The van der Waals surface area contributed by atoms with Crippen LogP contribution in [-0.2, 0) is 21.2 Å². The SMILES string of the molecule is CC(=O)N1CCc2cc(S(=O)(=O)N3CCN(c4cccc(C)c4)[C@H](C)C3)ccc21. The molecule has 1 amide bonds. The van der Waals surface area contributed by atoms with Crippen molar-refractivity contribution in [1.82, 2.24) is 4.31 Å². The summed E-state index contributed by atoms with van der Waals surface area (Å²) < 4.78 is 28.1. The van der Waals surface area contributed by atoms with E-state index in [0.29, 0.717) is 37.5 Å². The van der Waals surface area contributed by atoms with Gasteiger partial charge in [-0.15, -0.1) is 0 Å². The van der Waals surface area contributed by atoms with Crippen LogP contribution in [0.4, 0.5) is 11.4 Å². The summed E-state index contributed by atoms with van der Waals surface area (Å²) in [5.41, 5.74) is 4.08. The number of carbonyl (C=O) groups excluding carboxylic acids is 1. The lowest BCUT2D eigenvalue weighted by atomic mass is 10.1. The van der Waals surface area contributed by atoms with E-state index in [2.05, 4.69) is 36.9 Å². The average Bonchev–Trinajstić information content (AvgIpc) is 3.11. The molecule has 0 saturated carbocycles. The van der Waals surface area contributed by atoms with Crippen LogP contribution >= 0.6 is 0 Å². The molecule has 4 rings (SSSR count). The Labute approximate surface area is 172 Å². The number of benzene rings is 2. The minimum Gasteiger partial charge on any atom is -0.366 e. The third-order valence-electron chi connectivity index (χ3n) is 5.89. The van der Waals surface area contributed by atoms with Crippen molar-refractivity contribution < 1.29 is 13.2 Å². The van der Waals surface area contributed by atoms with Crippen molar-refractivity contribution in [1.29, 1.82) is 0 Å². The van der Waals surface area contributed by atoms with Crippen LogP contribution in [-0.4, -0.2) is 50.9 Å². The van der Waals surface area contributed by atoms with Crippen LogP contribution in [0.15, 0.2) is 47.4 Å². The zero-order chi connectivity index (χ0) is 20.8. The first-order valence-electron chi connectivity index (χ1n) is 10.0. The number of aryl methyl sites for hydroxylation is 1. The van der Waals surface area contributed by atoms with E-state index in [1.165, 1.54) is 12.5 Å². The van der Waals surface area contributed by atoms with Gasteiger partial charge in [-0.2, -0.15) is 4.31 Å². The lowest BCUT2D eigenvalue weighted by molar-refractivity contribution is -0.116. The Morgan fingerprint density at radius 2 is 1.86 bits per heavy atom. The number of hydrogen-bond acceptors (Lipinski definition) is 4. The van der Waals surface area contributed by atoms with Crippen molar-refractivity contribution in [2.75, 3.05) is 36.0 Å². The first-order chi connectivity index (χ1) is 13.8. The summed E-state index contributed by atoms with van der Waals surface area (Å²) in [4.78, 5) is 16.0. The van der Waals surface area contributed by atoms with Crippen LogP contribution in [0.3, 0.4) is 0 Å². The summed E-state index contributed by atoms with van der Waals surface area (Å²) in [6.07, 6.45) is 0.690. The summed E-state index contributed by atoms with van der Waals surface area (Å²) in [5, 5.41) is 0. The van der Waals surface area contributed by atoms with E-state index in [1.54, 1.807) is 27.4 Å². The molecular weight excluding hydrogens is 386 g/mol. The Bertz CT molecular complexity index is 1050. The van der Waals surface area contributed by atoms with Gasteiger partial charge in [0.15, 0.2) is 0 Å². The zero-order valence-corrected chi connectivity index (χ0v) is 17.9. The third-order valence-corrected chi connectivity index (χ3v) is 7.75. The standard InChI is InChI=1S/C22H27N3O3S/c1-16-5-4-6-20(13-16)24-12-11-23(15-17(24)2)29(27,28)21-7-8-22-19(14-21)9-10-25(22)18(3)26/h4-8,13-14,17H,9-12,15H2,1-3H3/t17-/m1/s1. The van der Waals surface area contributed by atoms with Crippen LogP contribution in [0.5, 0.6) is 0 Å². The Balaban J connectivity index is 1.54. The number of hydrogen-bond donors (Lipinski definition) is 0. The second-order valence-electron chi connectivity index (χ2n) is 7.96. The van der Waals surface area contributed by atoms with E-state index in [4.69, 9.17) is 0 Å². The second-order valence-corrected chi connectivity index (χ2v) is 9.89. The van der Waals surface area contributed by atoms with Crippen molar-refractivity contribution in [3.8, 4) is 0 Å². The maximum Gasteiger partial charge on any atom is 0.243 e. The predicted octanol–water partition coefficient (Wildman–Crippen LogP) is 2.80. The summed E-state index contributed by atoms with van der Waals surface area (Å²) in [6.45, 7) is 7.85. The quantitative estimate of drug-likeness (QED) is 0.776. The van der Waals surface area contributed by atoms with Crippen molar-refractivity contribution in [2.45, 2.75) is 38.1 Å². The van der Waals surface area contributed by atoms with Gasteiger partial charge in [0.25, 0.3) is 0 Å². The number of anilines is 2. The van der Waals surface area contributed by atoms with E-state index in [-0.39, 0.29) is 11.9 Å². The summed E-state index contributed by atoms with van der Waals surface area (Å²) in [6, 6.07) is 13.5. The fourth-order valence-electron chi connectivity index (χ4n) is 4.35. The monoisotopic (exact) mass is 413 g/mol. The molecule has 0 aromatic heterocycles. The van der Waals surface area contributed by atoms with Gasteiger partial charge in [-0.3, -0.25) is 4.79 Å². The molecule has 2 aliphatic heterocycles. The fourth-order valence-corrected chi connectivity index (χ4v) is 5.91. The van der Waals surface area contributed by atoms with E-state index in [1.807, 2.05) is 6.07 Å². The lowest BCUT2D eigenvalue weighted by Crippen LogP contribution is -2.53. The van der Waals surface area contributed by atoms with Crippen LogP contribution < -0.4 is 9.80 Å². The molecule has 1 atom stereocenters. The highest BCUT2D eigenvalue weighted by atomic mass is 32.2. The number of sulfonamides is 1. The second kappa shape index (κ2) is 7.46. The number of carbonyl (C=O) groups is 1. The summed E-state index contributed by atoms with van der Waals surface area (Å²) >= 11 is 0. The highest BCUT2D eigenvalue weighted by molar-refractivity contribution is 7.89. The topological polar surface area (TPSA) is 60.9 Å². The largest absolute Gasteiger partial charge is 0.366 e.